The lowest BCUT2D eigenvalue weighted by atomic mass is 9.77. The van der Waals surface area contributed by atoms with Crippen molar-refractivity contribution in [2.75, 3.05) is 20.7 Å². The average Bonchev–Trinajstić information content (AvgIpc) is 3.13. The van der Waals surface area contributed by atoms with Crippen LogP contribution >= 0.6 is 12.4 Å². The Labute approximate surface area is 157 Å². The summed E-state index contributed by atoms with van der Waals surface area (Å²) in [6, 6.07) is 11.3. The molecule has 0 fully saturated rings. The fraction of sp³-hybridized carbons (Fsp3) is 0.524. The smallest absolute Gasteiger partial charge is 0.119 e. The van der Waals surface area contributed by atoms with Crippen LogP contribution in [0.3, 0.4) is 0 Å². The van der Waals surface area contributed by atoms with Gasteiger partial charge in [-0.1, -0.05) is 13.0 Å². The first kappa shape index (κ1) is 19.9. The van der Waals surface area contributed by atoms with Gasteiger partial charge in [-0.15, -0.1) is 12.4 Å². The summed E-state index contributed by atoms with van der Waals surface area (Å²) >= 11 is 0. The zero-order valence-corrected chi connectivity index (χ0v) is 16.3. The predicted molar refractivity (Wildman–Crippen MR) is 105 cm³/mol. The Morgan fingerprint density at radius 2 is 2.16 bits per heavy atom. The molecule has 0 aliphatic heterocycles. The molecule has 0 saturated heterocycles. The molecule has 0 radical (unpaired) electrons. The van der Waals surface area contributed by atoms with Crippen LogP contribution in [0.2, 0.25) is 0 Å². The molecule has 1 heterocycles. The summed E-state index contributed by atoms with van der Waals surface area (Å²) in [6.45, 7) is 3.35. The van der Waals surface area contributed by atoms with E-state index in [1.54, 1.807) is 13.4 Å². The van der Waals surface area contributed by atoms with Crippen LogP contribution in [-0.4, -0.2) is 31.6 Å². The number of hydrogen-bond donors (Lipinski definition) is 0. The molecule has 1 aromatic heterocycles. The molecule has 0 bridgehead atoms. The van der Waals surface area contributed by atoms with Crippen LogP contribution in [0, 0.1) is 0 Å². The van der Waals surface area contributed by atoms with Crippen molar-refractivity contribution in [1.82, 2.24) is 4.90 Å². The van der Waals surface area contributed by atoms with Gasteiger partial charge in [-0.25, -0.2) is 0 Å². The Morgan fingerprint density at radius 1 is 1.32 bits per heavy atom. The van der Waals surface area contributed by atoms with Crippen LogP contribution < -0.4 is 4.74 Å². The summed E-state index contributed by atoms with van der Waals surface area (Å²) in [4.78, 5) is 2.52. The first-order chi connectivity index (χ1) is 11.7. The van der Waals surface area contributed by atoms with Crippen molar-refractivity contribution in [2.24, 2.45) is 0 Å². The number of methoxy groups -OCH3 is 1. The highest BCUT2D eigenvalue weighted by molar-refractivity contribution is 5.85. The minimum absolute atomic E-state index is 0. The van der Waals surface area contributed by atoms with Gasteiger partial charge in [0, 0.05) is 19.0 Å². The van der Waals surface area contributed by atoms with Gasteiger partial charge in [0.2, 0.25) is 0 Å². The van der Waals surface area contributed by atoms with E-state index in [9.17, 15) is 0 Å². The van der Waals surface area contributed by atoms with Crippen molar-refractivity contribution in [2.45, 2.75) is 51.0 Å². The van der Waals surface area contributed by atoms with E-state index >= 15 is 0 Å². The fourth-order valence-corrected chi connectivity index (χ4v) is 4.17. The Bertz CT molecular complexity index is 641. The maximum Gasteiger partial charge on any atom is 0.119 e. The number of hydrogen-bond acceptors (Lipinski definition) is 3. The molecule has 0 N–H and O–H groups in total. The van der Waals surface area contributed by atoms with Gasteiger partial charge >= 0.3 is 0 Å². The third-order valence-corrected chi connectivity index (χ3v) is 5.45. The second-order valence-corrected chi connectivity index (χ2v) is 6.85. The van der Waals surface area contributed by atoms with Crippen molar-refractivity contribution in [3.63, 3.8) is 0 Å². The van der Waals surface area contributed by atoms with Crippen molar-refractivity contribution in [1.29, 1.82) is 0 Å². The second kappa shape index (κ2) is 9.30. The molecule has 25 heavy (non-hydrogen) atoms. The first-order valence-electron chi connectivity index (χ1n) is 9.12. The van der Waals surface area contributed by atoms with Crippen molar-refractivity contribution < 1.29 is 9.15 Å². The predicted octanol–water partition coefficient (Wildman–Crippen LogP) is 5.08. The molecule has 2 unspecified atom stereocenters. The number of fused-ring (bicyclic) bond motifs is 1. The standard InChI is InChI=1S/C21H29NO2.ClH/c1-4-21(22(2)13-12-17-8-6-14-24-17)20-9-5-7-16-15-18(23-3)10-11-19(16)20;/h6,8,10-11,14-15,20-21H,4-5,7,9,12-13H2,1-3H3;1H. The third kappa shape index (κ3) is 4.59. The van der Waals surface area contributed by atoms with Gasteiger partial charge in [0.25, 0.3) is 0 Å². The number of ether oxygens (including phenoxy) is 1. The van der Waals surface area contributed by atoms with Gasteiger partial charge in [0.05, 0.1) is 13.4 Å². The summed E-state index contributed by atoms with van der Waals surface area (Å²) in [6.07, 6.45) is 7.64. The minimum Gasteiger partial charge on any atom is -0.497 e. The number of rotatable bonds is 7. The Hall–Kier alpha value is -1.45. The van der Waals surface area contributed by atoms with Crippen LogP contribution in [0.15, 0.2) is 41.0 Å². The summed E-state index contributed by atoms with van der Waals surface area (Å²) < 4.78 is 10.9. The van der Waals surface area contributed by atoms with E-state index in [0.29, 0.717) is 12.0 Å². The normalized spacial score (nSPS) is 17.7. The van der Waals surface area contributed by atoms with Crippen molar-refractivity contribution >= 4 is 12.4 Å². The van der Waals surface area contributed by atoms with E-state index in [2.05, 4.69) is 43.1 Å². The Kier molecular flexibility index (Phi) is 7.39. The molecule has 1 aliphatic carbocycles. The summed E-state index contributed by atoms with van der Waals surface area (Å²) in [5.74, 6) is 2.67. The Morgan fingerprint density at radius 3 is 2.84 bits per heavy atom. The monoisotopic (exact) mass is 363 g/mol. The lowest BCUT2D eigenvalue weighted by molar-refractivity contribution is 0.192. The topological polar surface area (TPSA) is 25.6 Å². The van der Waals surface area contributed by atoms with E-state index < -0.39 is 0 Å². The minimum atomic E-state index is 0. The van der Waals surface area contributed by atoms with E-state index in [1.807, 2.05) is 6.07 Å². The average molecular weight is 364 g/mol. The Balaban J connectivity index is 0.00000225. The van der Waals surface area contributed by atoms with Crippen molar-refractivity contribution in [3.05, 3.63) is 53.5 Å². The first-order valence-corrected chi connectivity index (χ1v) is 9.12. The second-order valence-electron chi connectivity index (χ2n) is 6.85. The molecule has 2 atom stereocenters. The van der Waals surface area contributed by atoms with Gasteiger partial charge in [-0.3, -0.25) is 0 Å². The highest BCUT2D eigenvalue weighted by Crippen LogP contribution is 2.38. The van der Waals surface area contributed by atoms with Crippen molar-refractivity contribution in [3.8, 4) is 5.75 Å². The molecule has 138 valence electrons. The largest absolute Gasteiger partial charge is 0.497 e. The maximum atomic E-state index is 5.48. The quantitative estimate of drug-likeness (QED) is 0.685. The molecule has 3 rings (SSSR count). The van der Waals surface area contributed by atoms with Gasteiger partial charge in [-0.05, 0) is 74.0 Å². The van der Waals surface area contributed by atoms with Crippen LogP contribution in [-0.2, 0) is 12.8 Å². The SMILES string of the molecule is CCC(C1CCCc2cc(OC)ccc21)N(C)CCc1ccco1.Cl. The molecule has 3 nitrogen and oxygen atoms in total. The van der Waals surface area contributed by atoms with Gasteiger partial charge in [-0.2, -0.15) is 0 Å². The molecule has 0 amide bonds. The highest BCUT2D eigenvalue weighted by atomic mass is 35.5. The van der Waals surface area contributed by atoms with Gasteiger partial charge in [0.1, 0.15) is 11.5 Å². The van der Waals surface area contributed by atoms with E-state index in [1.165, 1.54) is 36.8 Å². The van der Waals surface area contributed by atoms with Gasteiger partial charge in [0.15, 0.2) is 0 Å². The molecular formula is C21H30ClNO2. The zero-order valence-electron chi connectivity index (χ0n) is 15.5. The number of nitrogens with zero attached hydrogens (tertiary/aromatic N) is 1. The number of furan rings is 1. The van der Waals surface area contributed by atoms with Crippen LogP contribution in [0.25, 0.3) is 0 Å². The third-order valence-electron chi connectivity index (χ3n) is 5.45. The van der Waals surface area contributed by atoms with Crippen LogP contribution in [0.1, 0.15) is 49.0 Å². The zero-order chi connectivity index (χ0) is 16.9. The van der Waals surface area contributed by atoms with E-state index in [-0.39, 0.29) is 12.4 Å². The molecule has 0 spiro atoms. The number of likely N-dealkylation sites (N-methyl/N-ethyl adjacent to an activating group) is 1. The maximum absolute atomic E-state index is 5.48. The molecular weight excluding hydrogens is 334 g/mol. The van der Waals surface area contributed by atoms with Crippen LogP contribution in [0.5, 0.6) is 5.75 Å². The van der Waals surface area contributed by atoms with Crippen LogP contribution in [0.4, 0.5) is 0 Å². The molecule has 1 aliphatic rings. The summed E-state index contributed by atoms with van der Waals surface area (Å²) in [7, 11) is 4.01. The van der Waals surface area contributed by atoms with Gasteiger partial charge < -0.3 is 14.1 Å². The summed E-state index contributed by atoms with van der Waals surface area (Å²) in [5, 5.41) is 0. The number of benzene rings is 1. The lowest BCUT2D eigenvalue weighted by Gasteiger charge is -2.37. The van der Waals surface area contributed by atoms with E-state index in [4.69, 9.17) is 9.15 Å². The molecule has 1 aromatic carbocycles. The number of halogens is 1. The molecule has 2 aromatic rings. The number of aryl methyl sites for hydroxylation is 1. The molecule has 4 heteroatoms. The van der Waals surface area contributed by atoms with E-state index in [0.717, 1.165) is 24.5 Å². The summed E-state index contributed by atoms with van der Waals surface area (Å²) in [5.41, 5.74) is 3.00. The fourth-order valence-electron chi connectivity index (χ4n) is 4.17. The lowest BCUT2D eigenvalue weighted by Crippen LogP contribution is -2.39. The highest BCUT2D eigenvalue weighted by Gasteiger charge is 2.29. The molecule has 0 saturated carbocycles.